The number of methoxy groups -OCH3 is 3. The van der Waals surface area contributed by atoms with E-state index < -0.39 is 0 Å². The van der Waals surface area contributed by atoms with Crippen LogP contribution >= 0.6 is 12.4 Å². The van der Waals surface area contributed by atoms with E-state index in [1.54, 1.807) is 19.2 Å². The molecule has 0 spiro atoms. The Balaban J connectivity index is 0.00000312. The summed E-state index contributed by atoms with van der Waals surface area (Å²) >= 11 is 0. The lowest BCUT2D eigenvalue weighted by molar-refractivity contribution is 0.0911. The van der Waals surface area contributed by atoms with Crippen molar-refractivity contribution in [2.75, 3.05) is 27.9 Å². The summed E-state index contributed by atoms with van der Waals surface area (Å²) in [5, 5.41) is 3.08. The highest BCUT2D eigenvalue weighted by Crippen LogP contribution is 2.39. The summed E-state index contributed by atoms with van der Waals surface area (Å²) in [6.07, 6.45) is 5.91. The van der Waals surface area contributed by atoms with E-state index in [1.807, 2.05) is 0 Å². The van der Waals surface area contributed by atoms with Gasteiger partial charge in [0.25, 0.3) is 5.91 Å². The van der Waals surface area contributed by atoms with Crippen LogP contribution in [0.5, 0.6) is 17.2 Å². The van der Waals surface area contributed by atoms with Crippen LogP contribution in [0.2, 0.25) is 0 Å². The smallest absolute Gasteiger partial charge is 0.255 e. The summed E-state index contributed by atoms with van der Waals surface area (Å²) in [7, 11) is 4.58. The first-order valence-corrected chi connectivity index (χ1v) is 8.46. The second-order valence-electron chi connectivity index (χ2n) is 6.10. The number of amides is 1. The van der Waals surface area contributed by atoms with Gasteiger partial charge in [0.1, 0.15) is 0 Å². The van der Waals surface area contributed by atoms with E-state index in [0.717, 1.165) is 12.8 Å². The fourth-order valence-corrected chi connectivity index (χ4v) is 3.43. The molecule has 1 aliphatic carbocycles. The second kappa shape index (κ2) is 10.4. The molecule has 0 bridgehead atoms. The van der Waals surface area contributed by atoms with Gasteiger partial charge in [-0.05, 0) is 30.9 Å². The average molecular weight is 373 g/mol. The summed E-state index contributed by atoms with van der Waals surface area (Å²) in [5.41, 5.74) is 6.33. The molecule has 142 valence electrons. The second-order valence-corrected chi connectivity index (χ2v) is 6.10. The molecule has 0 radical (unpaired) electrons. The molecule has 0 heterocycles. The SMILES string of the molecule is COc1ccc(C(=O)NC(CN)C2CCCCC2)c(OC)c1OC.Cl. The zero-order valence-electron chi connectivity index (χ0n) is 15.2. The van der Waals surface area contributed by atoms with Gasteiger partial charge in [-0.15, -0.1) is 12.4 Å². The van der Waals surface area contributed by atoms with Gasteiger partial charge in [-0.3, -0.25) is 4.79 Å². The molecule has 6 nitrogen and oxygen atoms in total. The molecule has 1 aliphatic rings. The molecule has 0 aliphatic heterocycles. The van der Waals surface area contributed by atoms with Crippen LogP contribution in [0.4, 0.5) is 0 Å². The molecule has 7 heteroatoms. The Morgan fingerprint density at radius 3 is 2.28 bits per heavy atom. The molecule has 2 rings (SSSR count). The normalized spacial score (nSPS) is 15.7. The molecule has 1 aromatic rings. The minimum Gasteiger partial charge on any atom is -0.493 e. The van der Waals surface area contributed by atoms with E-state index in [0.29, 0.717) is 35.3 Å². The number of benzene rings is 1. The number of nitrogens with one attached hydrogen (secondary N) is 1. The minimum atomic E-state index is -0.200. The summed E-state index contributed by atoms with van der Waals surface area (Å²) in [6, 6.07) is 3.37. The zero-order valence-corrected chi connectivity index (χ0v) is 16.0. The first-order valence-electron chi connectivity index (χ1n) is 8.46. The van der Waals surface area contributed by atoms with Crippen LogP contribution in [0.1, 0.15) is 42.5 Å². The molecule has 1 fully saturated rings. The topological polar surface area (TPSA) is 82.8 Å². The highest BCUT2D eigenvalue weighted by atomic mass is 35.5. The number of rotatable bonds is 7. The third-order valence-corrected chi connectivity index (χ3v) is 4.74. The minimum absolute atomic E-state index is 0. The molecule has 1 saturated carbocycles. The van der Waals surface area contributed by atoms with Crippen molar-refractivity contribution >= 4 is 18.3 Å². The number of ether oxygens (including phenoxy) is 3. The first-order chi connectivity index (χ1) is 11.7. The Morgan fingerprint density at radius 2 is 1.76 bits per heavy atom. The summed E-state index contributed by atoms with van der Waals surface area (Å²) < 4.78 is 16.0. The fraction of sp³-hybridized carbons (Fsp3) is 0.611. The molecule has 1 atom stereocenters. The van der Waals surface area contributed by atoms with Gasteiger partial charge >= 0.3 is 0 Å². The number of carbonyl (C=O) groups is 1. The van der Waals surface area contributed by atoms with E-state index in [1.165, 1.54) is 33.5 Å². The third-order valence-electron chi connectivity index (χ3n) is 4.74. The van der Waals surface area contributed by atoms with Crippen LogP contribution in [0.25, 0.3) is 0 Å². The van der Waals surface area contributed by atoms with Crippen molar-refractivity contribution < 1.29 is 19.0 Å². The van der Waals surface area contributed by atoms with Crippen molar-refractivity contribution in [2.45, 2.75) is 38.1 Å². The van der Waals surface area contributed by atoms with Crippen LogP contribution < -0.4 is 25.3 Å². The van der Waals surface area contributed by atoms with Crippen LogP contribution in [0.15, 0.2) is 12.1 Å². The van der Waals surface area contributed by atoms with E-state index in [9.17, 15) is 4.79 Å². The summed E-state index contributed by atoms with van der Waals surface area (Å²) in [4.78, 5) is 12.8. The van der Waals surface area contributed by atoms with Gasteiger partial charge in [-0.1, -0.05) is 19.3 Å². The Kier molecular flexibility index (Phi) is 8.86. The Labute approximate surface area is 155 Å². The van der Waals surface area contributed by atoms with Crippen LogP contribution in [-0.2, 0) is 0 Å². The van der Waals surface area contributed by atoms with Crippen molar-refractivity contribution in [1.29, 1.82) is 0 Å². The van der Waals surface area contributed by atoms with Crippen LogP contribution in [0.3, 0.4) is 0 Å². The molecule has 0 saturated heterocycles. The molecule has 0 aromatic heterocycles. The van der Waals surface area contributed by atoms with E-state index in [-0.39, 0.29) is 24.4 Å². The van der Waals surface area contributed by atoms with Crippen molar-refractivity contribution in [1.82, 2.24) is 5.32 Å². The average Bonchev–Trinajstić information content (AvgIpc) is 2.64. The number of nitrogens with two attached hydrogens (primary N) is 1. The van der Waals surface area contributed by atoms with Gasteiger partial charge < -0.3 is 25.3 Å². The van der Waals surface area contributed by atoms with Crippen LogP contribution in [-0.4, -0.2) is 39.8 Å². The molecular weight excluding hydrogens is 344 g/mol. The number of halogens is 1. The lowest BCUT2D eigenvalue weighted by atomic mass is 9.84. The molecule has 25 heavy (non-hydrogen) atoms. The largest absolute Gasteiger partial charge is 0.493 e. The molecule has 1 amide bonds. The van der Waals surface area contributed by atoms with Crippen LogP contribution in [0, 0.1) is 5.92 Å². The van der Waals surface area contributed by atoms with Crippen molar-refractivity contribution in [2.24, 2.45) is 11.7 Å². The number of carbonyl (C=O) groups excluding carboxylic acids is 1. The summed E-state index contributed by atoms with van der Waals surface area (Å²) in [6.45, 7) is 0.437. The van der Waals surface area contributed by atoms with Gasteiger partial charge in [-0.25, -0.2) is 0 Å². The Bertz CT molecular complexity index is 562. The van der Waals surface area contributed by atoms with Gasteiger partial charge in [0.2, 0.25) is 5.75 Å². The number of hydrogen-bond donors (Lipinski definition) is 2. The predicted octanol–water partition coefficient (Wildman–Crippen LogP) is 2.77. The van der Waals surface area contributed by atoms with Gasteiger partial charge in [0, 0.05) is 12.6 Å². The monoisotopic (exact) mass is 372 g/mol. The lowest BCUT2D eigenvalue weighted by Crippen LogP contribution is -2.46. The van der Waals surface area contributed by atoms with E-state index in [4.69, 9.17) is 19.9 Å². The molecule has 3 N–H and O–H groups in total. The van der Waals surface area contributed by atoms with Gasteiger partial charge in [-0.2, -0.15) is 0 Å². The molecular formula is C18H29ClN2O4. The molecule has 1 aromatic carbocycles. The fourth-order valence-electron chi connectivity index (χ4n) is 3.43. The Morgan fingerprint density at radius 1 is 1.12 bits per heavy atom. The highest BCUT2D eigenvalue weighted by molar-refractivity contribution is 5.98. The zero-order chi connectivity index (χ0) is 17.5. The maximum absolute atomic E-state index is 12.8. The lowest BCUT2D eigenvalue weighted by Gasteiger charge is -2.30. The van der Waals surface area contributed by atoms with Crippen molar-refractivity contribution in [3.05, 3.63) is 17.7 Å². The maximum atomic E-state index is 12.8. The number of hydrogen-bond acceptors (Lipinski definition) is 5. The Hall–Kier alpha value is -1.66. The quantitative estimate of drug-likeness (QED) is 0.769. The summed E-state index contributed by atoms with van der Waals surface area (Å²) in [5.74, 6) is 1.55. The van der Waals surface area contributed by atoms with Crippen molar-refractivity contribution in [3.8, 4) is 17.2 Å². The van der Waals surface area contributed by atoms with Crippen molar-refractivity contribution in [3.63, 3.8) is 0 Å². The van der Waals surface area contributed by atoms with Gasteiger partial charge in [0.05, 0.1) is 26.9 Å². The third kappa shape index (κ3) is 4.92. The first kappa shape index (κ1) is 21.4. The van der Waals surface area contributed by atoms with E-state index >= 15 is 0 Å². The van der Waals surface area contributed by atoms with E-state index in [2.05, 4.69) is 5.32 Å². The standard InChI is InChI=1S/C18H28N2O4.ClH/c1-22-15-10-9-13(16(23-2)17(15)24-3)18(21)20-14(11-19)12-7-5-4-6-8-12;/h9-10,12,14H,4-8,11,19H2,1-3H3,(H,20,21);1H. The van der Waals surface area contributed by atoms with Gasteiger partial charge in [0.15, 0.2) is 11.5 Å². The highest BCUT2D eigenvalue weighted by Gasteiger charge is 2.27. The molecule has 1 unspecified atom stereocenters. The predicted molar refractivity (Wildman–Crippen MR) is 100 cm³/mol. The maximum Gasteiger partial charge on any atom is 0.255 e.